The second kappa shape index (κ2) is 8.68. The molecule has 1 unspecified atom stereocenters. The lowest BCUT2D eigenvalue weighted by molar-refractivity contribution is -0.116. The Labute approximate surface area is 159 Å². The van der Waals surface area contributed by atoms with E-state index in [1.807, 2.05) is 24.3 Å². The number of phenols is 1. The number of nitrogens with one attached hydrogen (secondary N) is 2. The average Bonchev–Trinajstić information content (AvgIpc) is 3.11. The van der Waals surface area contributed by atoms with E-state index in [1.54, 1.807) is 31.2 Å². The van der Waals surface area contributed by atoms with Crippen molar-refractivity contribution in [1.82, 2.24) is 5.32 Å². The molecule has 0 radical (unpaired) electrons. The van der Waals surface area contributed by atoms with Crippen molar-refractivity contribution in [3.8, 4) is 5.75 Å². The van der Waals surface area contributed by atoms with Crippen LogP contribution in [0.1, 0.15) is 18.9 Å². The molecule has 3 N–H and O–H groups in total. The number of carbonyl (C=O) groups is 2. The molecule has 0 spiro atoms. The lowest BCUT2D eigenvalue weighted by Gasteiger charge is -2.19. The highest BCUT2D eigenvalue weighted by Gasteiger charge is 2.22. The molecular formula is C21H25N3O3. The van der Waals surface area contributed by atoms with Crippen LogP contribution in [0, 0.1) is 0 Å². The van der Waals surface area contributed by atoms with Crippen LogP contribution in [0.2, 0.25) is 0 Å². The Morgan fingerprint density at radius 2 is 1.81 bits per heavy atom. The number of aromatic hydroxyl groups is 1. The van der Waals surface area contributed by atoms with Crippen LogP contribution in [0.3, 0.4) is 0 Å². The summed E-state index contributed by atoms with van der Waals surface area (Å²) in [4.78, 5) is 25.5. The van der Waals surface area contributed by atoms with E-state index in [-0.39, 0.29) is 23.9 Å². The second-order valence-electron chi connectivity index (χ2n) is 6.95. The molecule has 1 atom stereocenters. The van der Waals surface area contributed by atoms with Gasteiger partial charge in [-0.05, 0) is 55.3 Å². The Hall–Kier alpha value is -2.86. The molecule has 0 aliphatic carbocycles. The first-order valence-corrected chi connectivity index (χ1v) is 9.15. The van der Waals surface area contributed by atoms with Gasteiger partial charge < -0.3 is 20.6 Å². The molecule has 1 fully saturated rings. The lowest BCUT2D eigenvalue weighted by Crippen LogP contribution is -2.35. The van der Waals surface area contributed by atoms with Crippen molar-refractivity contribution in [2.75, 3.05) is 29.9 Å². The van der Waals surface area contributed by atoms with Crippen LogP contribution in [0.25, 0.3) is 0 Å². The van der Waals surface area contributed by atoms with Crippen LogP contribution >= 0.6 is 0 Å². The molecule has 0 bridgehead atoms. The summed E-state index contributed by atoms with van der Waals surface area (Å²) in [7, 11) is 0. The highest BCUT2D eigenvalue weighted by atomic mass is 16.3. The summed E-state index contributed by atoms with van der Waals surface area (Å²) in [5.74, 6) is 0.249. The molecule has 1 heterocycles. The van der Waals surface area contributed by atoms with Gasteiger partial charge in [0, 0.05) is 30.5 Å². The molecule has 1 aliphatic heterocycles. The summed E-state index contributed by atoms with van der Waals surface area (Å²) in [6, 6.07) is 14.8. The molecule has 1 saturated heterocycles. The largest absolute Gasteiger partial charge is 0.508 e. The van der Waals surface area contributed by atoms with Gasteiger partial charge in [0.1, 0.15) is 11.5 Å². The van der Waals surface area contributed by atoms with Gasteiger partial charge in [-0.25, -0.2) is 0 Å². The van der Waals surface area contributed by atoms with E-state index in [0.717, 1.165) is 36.4 Å². The topological polar surface area (TPSA) is 81.7 Å². The number of Topliss-reactive ketones (excluding diaryl/α,β-unsaturated/α-hetero) is 1. The maximum atomic E-state index is 12.2. The van der Waals surface area contributed by atoms with E-state index in [1.165, 1.54) is 0 Å². The zero-order chi connectivity index (χ0) is 19.2. The van der Waals surface area contributed by atoms with Gasteiger partial charge >= 0.3 is 0 Å². The summed E-state index contributed by atoms with van der Waals surface area (Å²) < 4.78 is 0. The zero-order valence-electron chi connectivity index (χ0n) is 15.4. The molecule has 2 aromatic carbocycles. The molecule has 0 saturated carbocycles. The number of benzene rings is 2. The standard InChI is InChI=1S/C21H25N3O3/c1-15(25)13-22-18-10-11-24(14-18)19-6-4-17(5-7-19)23-21(27)12-16-2-8-20(26)9-3-16/h2-9,18,22,26H,10-14H2,1H3,(H,23,27). The van der Waals surface area contributed by atoms with E-state index < -0.39 is 0 Å². The minimum Gasteiger partial charge on any atom is -0.508 e. The minimum absolute atomic E-state index is 0.0943. The third kappa shape index (κ3) is 5.56. The lowest BCUT2D eigenvalue weighted by atomic mass is 10.1. The number of rotatable bonds is 7. The smallest absolute Gasteiger partial charge is 0.228 e. The summed E-state index contributed by atoms with van der Waals surface area (Å²) in [6.07, 6.45) is 1.27. The minimum atomic E-state index is -0.0943. The maximum Gasteiger partial charge on any atom is 0.228 e. The van der Waals surface area contributed by atoms with Crippen molar-refractivity contribution < 1.29 is 14.7 Å². The Bertz CT molecular complexity index is 787. The van der Waals surface area contributed by atoms with Crippen LogP contribution in [0.5, 0.6) is 5.75 Å². The summed E-state index contributed by atoms with van der Waals surface area (Å²) in [5, 5.41) is 15.5. The van der Waals surface area contributed by atoms with Crippen molar-refractivity contribution in [3.63, 3.8) is 0 Å². The fraction of sp³-hybridized carbons (Fsp3) is 0.333. The van der Waals surface area contributed by atoms with Crippen molar-refractivity contribution in [2.45, 2.75) is 25.8 Å². The monoisotopic (exact) mass is 367 g/mol. The quantitative estimate of drug-likeness (QED) is 0.700. The van der Waals surface area contributed by atoms with Crippen molar-refractivity contribution >= 4 is 23.1 Å². The molecular weight excluding hydrogens is 342 g/mol. The predicted octanol–water partition coefficient (Wildman–Crippen LogP) is 2.33. The highest BCUT2D eigenvalue weighted by Crippen LogP contribution is 2.22. The SMILES string of the molecule is CC(=O)CNC1CCN(c2ccc(NC(=O)Cc3ccc(O)cc3)cc2)C1. The Morgan fingerprint density at radius 1 is 1.11 bits per heavy atom. The molecule has 3 rings (SSSR count). The van der Waals surface area contributed by atoms with E-state index in [9.17, 15) is 14.7 Å². The predicted molar refractivity (Wildman–Crippen MR) is 106 cm³/mol. The first-order valence-electron chi connectivity index (χ1n) is 9.15. The Morgan fingerprint density at radius 3 is 2.48 bits per heavy atom. The molecule has 2 aromatic rings. The van der Waals surface area contributed by atoms with E-state index >= 15 is 0 Å². The first-order chi connectivity index (χ1) is 13.0. The number of amides is 1. The maximum absolute atomic E-state index is 12.2. The normalized spacial score (nSPS) is 16.3. The molecule has 6 nitrogen and oxygen atoms in total. The van der Waals surface area contributed by atoms with Crippen LogP contribution in [0.4, 0.5) is 11.4 Å². The summed E-state index contributed by atoms with van der Waals surface area (Å²) >= 11 is 0. The fourth-order valence-electron chi connectivity index (χ4n) is 3.21. The van der Waals surface area contributed by atoms with Crippen molar-refractivity contribution in [1.29, 1.82) is 0 Å². The molecule has 1 aliphatic rings. The van der Waals surface area contributed by atoms with Crippen LogP contribution in [-0.4, -0.2) is 42.5 Å². The Kier molecular flexibility index (Phi) is 6.08. The molecule has 0 aromatic heterocycles. The van der Waals surface area contributed by atoms with Gasteiger partial charge in [-0.15, -0.1) is 0 Å². The molecule has 6 heteroatoms. The van der Waals surface area contributed by atoms with Gasteiger partial charge in [-0.2, -0.15) is 0 Å². The van der Waals surface area contributed by atoms with Gasteiger partial charge in [0.05, 0.1) is 13.0 Å². The number of nitrogens with zero attached hydrogens (tertiary/aromatic N) is 1. The van der Waals surface area contributed by atoms with Crippen LogP contribution in [-0.2, 0) is 16.0 Å². The number of anilines is 2. The van der Waals surface area contributed by atoms with Crippen molar-refractivity contribution in [2.24, 2.45) is 0 Å². The second-order valence-corrected chi connectivity index (χ2v) is 6.95. The van der Waals surface area contributed by atoms with Gasteiger partial charge in [-0.3, -0.25) is 9.59 Å². The third-order valence-electron chi connectivity index (χ3n) is 4.65. The Balaban J connectivity index is 1.50. The number of hydrogen-bond acceptors (Lipinski definition) is 5. The van der Waals surface area contributed by atoms with Gasteiger partial charge in [0.25, 0.3) is 0 Å². The number of hydrogen-bond donors (Lipinski definition) is 3. The summed E-state index contributed by atoms with van der Waals surface area (Å²) in [6.45, 7) is 3.83. The van der Waals surface area contributed by atoms with Gasteiger partial charge in [0.2, 0.25) is 5.91 Å². The number of phenolic OH excluding ortho intramolecular Hbond substituents is 1. The van der Waals surface area contributed by atoms with E-state index in [4.69, 9.17) is 0 Å². The van der Waals surface area contributed by atoms with Gasteiger partial charge in [-0.1, -0.05) is 12.1 Å². The van der Waals surface area contributed by atoms with Crippen molar-refractivity contribution in [3.05, 3.63) is 54.1 Å². The van der Waals surface area contributed by atoms with E-state index in [0.29, 0.717) is 12.6 Å². The molecule has 142 valence electrons. The third-order valence-corrected chi connectivity index (χ3v) is 4.65. The van der Waals surface area contributed by atoms with Crippen LogP contribution in [0.15, 0.2) is 48.5 Å². The van der Waals surface area contributed by atoms with Crippen LogP contribution < -0.4 is 15.5 Å². The van der Waals surface area contributed by atoms with E-state index in [2.05, 4.69) is 15.5 Å². The summed E-state index contributed by atoms with van der Waals surface area (Å²) in [5.41, 5.74) is 2.72. The fourth-order valence-corrected chi connectivity index (χ4v) is 3.21. The number of ketones is 1. The highest BCUT2D eigenvalue weighted by molar-refractivity contribution is 5.92. The molecule has 27 heavy (non-hydrogen) atoms. The van der Waals surface area contributed by atoms with Gasteiger partial charge in [0.15, 0.2) is 0 Å². The first kappa shape index (κ1) is 18.9. The molecule has 1 amide bonds. The average molecular weight is 367 g/mol. The number of carbonyl (C=O) groups excluding carboxylic acids is 2. The zero-order valence-corrected chi connectivity index (χ0v) is 15.4.